The summed E-state index contributed by atoms with van der Waals surface area (Å²) in [5.41, 5.74) is 2.62. The molecule has 5 nitrogen and oxygen atoms in total. The summed E-state index contributed by atoms with van der Waals surface area (Å²) in [4.78, 5) is 39.6. The molecule has 3 amide bonds. The molecule has 4 rings (SSSR count). The molecule has 0 unspecified atom stereocenters. The first-order valence-corrected chi connectivity index (χ1v) is 9.71. The Hall–Kier alpha value is -1.95. The van der Waals surface area contributed by atoms with Gasteiger partial charge in [0.15, 0.2) is 0 Å². The first-order chi connectivity index (χ1) is 12.3. The van der Waals surface area contributed by atoms with Crippen molar-refractivity contribution in [3.05, 3.63) is 39.9 Å². The minimum atomic E-state index is -0.816. The summed E-state index contributed by atoms with van der Waals surface area (Å²) in [6.07, 6.45) is 5.00. The number of aryl methyl sites for hydroxylation is 2. The van der Waals surface area contributed by atoms with E-state index in [1.54, 1.807) is 6.92 Å². The van der Waals surface area contributed by atoms with Gasteiger partial charge in [-0.25, -0.2) is 0 Å². The van der Waals surface area contributed by atoms with Gasteiger partial charge in [0.2, 0.25) is 17.7 Å². The van der Waals surface area contributed by atoms with Gasteiger partial charge in [-0.05, 0) is 62.3 Å². The highest BCUT2D eigenvalue weighted by Gasteiger charge is 2.60. The molecule has 1 aromatic carbocycles. The average Bonchev–Trinajstić information content (AvgIpc) is 3.26. The zero-order valence-electron chi connectivity index (χ0n) is 15.0. The molecule has 2 aliphatic carbocycles. The number of hydrogen-bond acceptors (Lipinski definition) is 3. The van der Waals surface area contributed by atoms with Crippen molar-refractivity contribution in [2.45, 2.75) is 33.2 Å². The molecule has 1 heterocycles. The second-order valence-corrected chi connectivity index (χ2v) is 8.48. The highest BCUT2D eigenvalue weighted by molar-refractivity contribution is 9.10. The number of fused-ring (bicyclic) bond motifs is 5. The quantitative estimate of drug-likeness (QED) is 0.607. The summed E-state index contributed by atoms with van der Waals surface area (Å²) < 4.78 is 0.974. The minimum absolute atomic E-state index is 0.151. The van der Waals surface area contributed by atoms with Crippen LogP contribution in [0.25, 0.3) is 0 Å². The van der Waals surface area contributed by atoms with Crippen molar-refractivity contribution in [1.82, 2.24) is 4.90 Å². The lowest BCUT2D eigenvalue weighted by Crippen LogP contribution is -2.46. The number of carbonyl (C=O) groups excluding carboxylic acids is 3. The molecular formula is C20H21BrN2O3. The van der Waals surface area contributed by atoms with Gasteiger partial charge in [-0.15, -0.1) is 0 Å². The predicted molar refractivity (Wildman–Crippen MR) is 101 cm³/mol. The maximum absolute atomic E-state index is 12.8. The highest BCUT2D eigenvalue weighted by Crippen LogP contribution is 2.52. The number of imide groups is 1. The first kappa shape index (κ1) is 17.5. The van der Waals surface area contributed by atoms with Crippen LogP contribution in [0.3, 0.4) is 0 Å². The summed E-state index contributed by atoms with van der Waals surface area (Å²) in [6, 6.07) is 3.01. The number of hydrogen-bond donors (Lipinski definition) is 1. The average molecular weight is 417 g/mol. The van der Waals surface area contributed by atoms with Crippen LogP contribution < -0.4 is 5.32 Å². The lowest BCUT2D eigenvalue weighted by Gasteiger charge is -2.24. The zero-order valence-corrected chi connectivity index (χ0v) is 16.5. The molecule has 1 saturated heterocycles. The Morgan fingerprint density at radius 1 is 1.12 bits per heavy atom. The van der Waals surface area contributed by atoms with Crippen LogP contribution in [0.1, 0.15) is 24.5 Å². The largest absolute Gasteiger partial charge is 0.324 e. The third kappa shape index (κ3) is 2.46. The number of nitrogens with zero attached hydrogens (tertiary/aromatic N) is 1. The Morgan fingerprint density at radius 3 is 2.27 bits per heavy atom. The van der Waals surface area contributed by atoms with Crippen molar-refractivity contribution in [3.63, 3.8) is 0 Å². The number of nitrogens with one attached hydrogen (secondary N) is 1. The Bertz CT molecular complexity index is 833. The van der Waals surface area contributed by atoms with Gasteiger partial charge < -0.3 is 5.32 Å². The molecule has 1 aliphatic heterocycles. The van der Waals surface area contributed by atoms with Crippen LogP contribution in [0.2, 0.25) is 0 Å². The van der Waals surface area contributed by atoms with Crippen LogP contribution >= 0.6 is 15.9 Å². The SMILES string of the molecule is Cc1cc(NC(=O)[C@@H](C)N2C(=O)[C@@H]3[C@H](C2=O)[C@H]2C=C[C@H]3C2)c(C)cc1Br. The molecule has 0 radical (unpaired) electrons. The second kappa shape index (κ2) is 6.05. The van der Waals surface area contributed by atoms with Crippen molar-refractivity contribution < 1.29 is 14.4 Å². The van der Waals surface area contributed by atoms with Gasteiger partial charge in [-0.1, -0.05) is 28.1 Å². The number of benzene rings is 1. The van der Waals surface area contributed by atoms with Crippen LogP contribution in [-0.2, 0) is 14.4 Å². The fourth-order valence-electron chi connectivity index (χ4n) is 4.58. The van der Waals surface area contributed by atoms with E-state index < -0.39 is 6.04 Å². The topological polar surface area (TPSA) is 66.5 Å². The fraction of sp³-hybridized carbons (Fsp3) is 0.450. The number of amides is 3. The lowest BCUT2D eigenvalue weighted by atomic mass is 9.85. The van der Waals surface area contributed by atoms with Crippen molar-refractivity contribution in [2.24, 2.45) is 23.7 Å². The van der Waals surface area contributed by atoms with E-state index in [1.165, 1.54) is 4.90 Å². The molecule has 0 spiro atoms. The first-order valence-electron chi connectivity index (χ1n) is 8.92. The molecule has 1 saturated carbocycles. The number of rotatable bonds is 3. The maximum Gasteiger partial charge on any atom is 0.247 e. The summed E-state index contributed by atoms with van der Waals surface area (Å²) in [7, 11) is 0. The standard InChI is InChI=1S/C20H21BrN2O3/c1-9-7-15(10(2)6-14(9)21)22-18(24)11(3)23-19(25)16-12-4-5-13(8-12)17(16)20(23)26/h4-7,11-13,16-17H,8H2,1-3H3,(H,22,24)/t11-,12+,13+,16-,17+/m1/s1. The Kier molecular flexibility index (Phi) is 4.06. The van der Waals surface area contributed by atoms with E-state index in [9.17, 15) is 14.4 Å². The Labute approximate surface area is 160 Å². The van der Waals surface area contributed by atoms with E-state index >= 15 is 0 Å². The molecule has 136 valence electrons. The minimum Gasteiger partial charge on any atom is -0.324 e. The maximum atomic E-state index is 12.8. The molecule has 2 bridgehead atoms. The van der Waals surface area contributed by atoms with E-state index in [-0.39, 0.29) is 41.4 Å². The van der Waals surface area contributed by atoms with Gasteiger partial charge in [0, 0.05) is 10.2 Å². The zero-order chi connectivity index (χ0) is 18.7. The number of likely N-dealkylation sites (tertiary alicyclic amines) is 1. The van der Waals surface area contributed by atoms with Gasteiger partial charge in [-0.2, -0.15) is 0 Å². The van der Waals surface area contributed by atoms with E-state index in [2.05, 4.69) is 33.4 Å². The monoisotopic (exact) mass is 416 g/mol. The molecular weight excluding hydrogens is 396 g/mol. The molecule has 1 N–H and O–H groups in total. The number of anilines is 1. The Balaban J connectivity index is 1.54. The van der Waals surface area contributed by atoms with Gasteiger partial charge in [-0.3, -0.25) is 19.3 Å². The summed E-state index contributed by atoms with van der Waals surface area (Å²) in [6.45, 7) is 5.48. The number of halogens is 1. The third-order valence-corrected chi connectivity index (χ3v) is 6.89. The van der Waals surface area contributed by atoms with Crippen LogP contribution in [0.4, 0.5) is 5.69 Å². The molecule has 5 atom stereocenters. The molecule has 3 aliphatic rings. The van der Waals surface area contributed by atoms with Crippen LogP contribution in [0.5, 0.6) is 0 Å². The van der Waals surface area contributed by atoms with Crippen LogP contribution in [0.15, 0.2) is 28.8 Å². The molecule has 26 heavy (non-hydrogen) atoms. The number of carbonyl (C=O) groups is 3. The van der Waals surface area contributed by atoms with Crippen LogP contribution in [-0.4, -0.2) is 28.7 Å². The van der Waals surface area contributed by atoms with E-state index in [0.717, 1.165) is 22.0 Å². The fourth-order valence-corrected chi connectivity index (χ4v) is 5.03. The van der Waals surface area contributed by atoms with Gasteiger partial charge in [0.05, 0.1) is 11.8 Å². The van der Waals surface area contributed by atoms with E-state index in [0.29, 0.717) is 5.69 Å². The summed E-state index contributed by atoms with van der Waals surface area (Å²) >= 11 is 3.47. The summed E-state index contributed by atoms with van der Waals surface area (Å²) in [5.74, 6) is -0.965. The van der Waals surface area contributed by atoms with Crippen molar-refractivity contribution in [1.29, 1.82) is 0 Å². The van der Waals surface area contributed by atoms with Crippen molar-refractivity contribution in [2.75, 3.05) is 5.32 Å². The van der Waals surface area contributed by atoms with Gasteiger partial charge in [0.25, 0.3) is 0 Å². The second-order valence-electron chi connectivity index (χ2n) is 7.63. The van der Waals surface area contributed by atoms with Gasteiger partial charge in [0.1, 0.15) is 6.04 Å². The Morgan fingerprint density at radius 2 is 1.69 bits per heavy atom. The predicted octanol–water partition coefficient (Wildman–Crippen LogP) is 3.20. The molecule has 6 heteroatoms. The summed E-state index contributed by atoms with van der Waals surface area (Å²) in [5, 5.41) is 2.88. The lowest BCUT2D eigenvalue weighted by molar-refractivity contribution is -0.146. The molecule has 2 fully saturated rings. The smallest absolute Gasteiger partial charge is 0.247 e. The molecule has 1 aromatic rings. The van der Waals surface area contributed by atoms with Crippen molar-refractivity contribution in [3.8, 4) is 0 Å². The molecule has 0 aromatic heterocycles. The highest BCUT2D eigenvalue weighted by atomic mass is 79.9. The van der Waals surface area contributed by atoms with Crippen molar-refractivity contribution >= 4 is 39.3 Å². The van der Waals surface area contributed by atoms with E-state index in [1.807, 2.05) is 26.0 Å². The normalized spacial score (nSPS) is 30.1. The number of allylic oxidation sites excluding steroid dienone is 2. The third-order valence-electron chi connectivity index (χ3n) is 6.03. The van der Waals surface area contributed by atoms with E-state index in [4.69, 9.17) is 0 Å². The van der Waals surface area contributed by atoms with Crippen LogP contribution in [0, 0.1) is 37.5 Å². The van der Waals surface area contributed by atoms with Gasteiger partial charge >= 0.3 is 0 Å².